The predicted molar refractivity (Wildman–Crippen MR) is 130 cm³/mol. The number of pyridine rings is 1. The van der Waals surface area contributed by atoms with Gasteiger partial charge in [-0.2, -0.15) is 0 Å². The lowest BCUT2D eigenvalue weighted by Crippen LogP contribution is -2.52. The number of aromatic nitrogens is 3. The second kappa shape index (κ2) is 9.85. The average Bonchev–Trinajstić information content (AvgIpc) is 3.45. The van der Waals surface area contributed by atoms with E-state index in [1.807, 2.05) is 29.2 Å². The number of hydrogen-bond acceptors (Lipinski definition) is 6. The molecule has 9 nitrogen and oxygen atoms in total. The zero-order chi connectivity index (χ0) is 24.4. The van der Waals surface area contributed by atoms with Crippen molar-refractivity contribution in [1.29, 1.82) is 0 Å². The molecule has 0 N–H and O–H groups in total. The fourth-order valence-electron chi connectivity index (χ4n) is 5.08. The van der Waals surface area contributed by atoms with Crippen molar-refractivity contribution in [2.24, 2.45) is 5.92 Å². The van der Waals surface area contributed by atoms with Crippen molar-refractivity contribution in [3.63, 3.8) is 0 Å². The Morgan fingerprint density at radius 1 is 1.00 bits per heavy atom. The van der Waals surface area contributed by atoms with Crippen LogP contribution < -0.4 is 10.3 Å². The first-order chi connectivity index (χ1) is 17.1. The maximum absolute atomic E-state index is 13.5. The van der Waals surface area contributed by atoms with Gasteiger partial charge in [0, 0.05) is 43.9 Å². The summed E-state index contributed by atoms with van der Waals surface area (Å²) in [7, 11) is 1.58. The SMILES string of the molecule is COc1ccccc1Cn1c(=O)c(C(=O)N2CCN(C(=O)C3CCCC3)CC2)nc2cccnc21. The predicted octanol–water partition coefficient (Wildman–Crippen LogP) is 2.32. The van der Waals surface area contributed by atoms with Gasteiger partial charge in [0.25, 0.3) is 11.5 Å². The number of rotatable bonds is 5. The molecule has 1 aliphatic carbocycles. The van der Waals surface area contributed by atoms with Crippen molar-refractivity contribution in [3.05, 3.63) is 64.2 Å². The molecule has 35 heavy (non-hydrogen) atoms. The summed E-state index contributed by atoms with van der Waals surface area (Å²) in [6.07, 6.45) is 5.73. The van der Waals surface area contributed by atoms with E-state index in [0.29, 0.717) is 43.1 Å². The Morgan fingerprint density at radius 2 is 1.71 bits per heavy atom. The molecule has 2 amide bonds. The normalized spacial score (nSPS) is 16.6. The molecule has 9 heteroatoms. The molecule has 3 heterocycles. The molecule has 3 aromatic rings. The summed E-state index contributed by atoms with van der Waals surface area (Å²) in [4.78, 5) is 52.0. The van der Waals surface area contributed by atoms with Crippen LogP contribution in [0.5, 0.6) is 5.75 Å². The number of ether oxygens (including phenoxy) is 1. The molecule has 1 aliphatic heterocycles. The molecule has 2 fully saturated rings. The van der Waals surface area contributed by atoms with E-state index in [9.17, 15) is 14.4 Å². The van der Waals surface area contributed by atoms with E-state index in [0.717, 1.165) is 31.2 Å². The van der Waals surface area contributed by atoms with Crippen LogP contribution >= 0.6 is 0 Å². The van der Waals surface area contributed by atoms with Crippen LogP contribution in [0.15, 0.2) is 47.4 Å². The third-order valence-corrected chi connectivity index (χ3v) is 7.01. The summed E-state index contributed by atoms with van der Waals surface area (Å²) in [6, 6.07) is 10.9. The van der Waals surface area contributed by atoms with Crippen LogP contribution in [0.4, 0.5) is 0 Å². The molecule has 0 bridgehead atoms. The second-order valence-corrected chi connectivity index (χ2v) is 9.11. The molecule has 0 spiro atoms. The molecular formula is C26H29N5O4. The van der Waals surface area contributed by atoms with Gasteiger partial charge in [0.05, 0.1) is 13.7 Å². The van der Waals surface area contributed by atoms with Crippen LogP contribution in [0.3, 0.4) is 0 Å². The monoisotopic (exact) mass is 475 g/mol. The molecule has 2 aliphatic rings. The van der Waals surface area contributed by atoms with E-state index >= 15 is 0 Å². The van der Waals surface area contributed by atoms with Gasteiger partial charge in [-0.15, -0.1) is 0 Å². The number of carbonyl (C=O) groups excluding carboxylic acids is 2. The van der Waals surface area contributed by atoms with Gasteiger partial charge in [-0.25, -0.2) is 9.97 Å². The fraction of sp³-hybridized carbons (Fsp3) is 0.423. The number of para-hydroxylation sites is 1. The number of nitrogens with zero attached hydrogens (tertiary/aromatic N) is 5. The van der Waals surface area contributed by atoms with Gasteiger partial charge in [-0.05, 0) is 31.0 Å². The summed E-state index contributed by atoms with van der Waals surface area (Å²) in [5.74, 6) is 0.552. The van der Waals surface area contributed by atoms with Crippen LogP contribution in [0.25, 0.3) is 11.2 Å². The van der Waals surface area contributed by atoms with Crippen molar-refractivity contribution in [2.75, 3.05) is 33.3 Å². The number of methoxy groups -OCH3 is 1. The second-order valence-electron chi connectivity index (χ2n) is 9.11. The highest BCUT2D eigenvalue weighted by Gasteiger charge is 2.32. The fourth-order valence-corrected chi connectivity index (χ4v) is 5.08. The van der Waals surface area contributed by atoms with Gasteiger partial charge < -0.3 is 14.5 Å². The molecule has 0 unspecified atom stereocenters. The quantitative estimate of drug-likeness (QED) is 0.562. The zero-order valence-electron chi connectivity index (χ0n) is 19.9. The summed E-state index contributed by atoms with van der Waals surface area (Å²) in [5.41, 5.74) is 1.06. The minimum Gasteiger partial charge on any atom is -0.496 e. The van der Waals surface area contributed by atoms with Crippen molar-refractivity contribution in [3.8, 4) is 5.75 Å². The standard InChI is InChI=1S/C26H29N5O4/c1-35-21-11-5-4-9-19(21)17-31-23-20(10-6-12-27-23)28-22(26(31)34)25(33)30-15-13-29(14-16-30)24(32)18-7-2-3-8-18/h4-6,9-12,18H,2-3,7-8,13-17H2,1H3. The number of fused-ring (bicyclic) bond motifs is 1. The number of carbonyl (C=O) groups is 2. The molecule has 1 saturated heterocycles. The Labute approximate surface area is 203 Å². The number of benzene rings is 1. The van der Waals surface area contributed by atoms with E-state index in [4.69, 9.17) is 4.74 Å². The Bertz CT molecular complexity index is 1310. The Morgan fingerprint density at radius 3 is 2.46 bits per heavy atom. The maximum atomic E-state index is 13.5. The first kappa shape index (κ1) is 23.0. The highest BCUT2D eigenvalue weighted by atomic mass is 16.5. The third-order valence-electron chi connectivity index (χ3n) is 7.01. The summed E-state index contributed by atoms with van der Waals surface area (Å²) in [6.45, 7) is 1.92. The Hall–Kier alpha value is -3.75. The summed E-state index contributed by atoms with van der Waals surface area (Å²) in [5, 5.41) is 0. The van der Waals surface area contributed by atoms with E-state index in [-0.39, 0.29) is 24.1 Å². The lowest BCUT2D eigenvalue weighted by molar-refractivity contribution is -0.136. The van der Waals surface area contributed by atoms with E-state index in [1.54, 1.807) is 30.3 Å². The highest BCUT2D eigenvalue weighted by Crippen LogP contribution is 2.27. The molecular weight excluding hydrogens is 446 g/mol. The number of hydrogen-bond donors (Lipinski definition) is 0. The van der Waals surface area contributed by atoms with Gasteiger partial charge in [-0.1, -0.05) is 31.0 Å². The zero-order valence-corrected chi connectivity index (χ0v) is 19.9. The molecule has 1 saturated carbocycles. The van der Waals surface area contributed by atoms with Crippen molar-refractivity contribution >= 4 is 23.0 Å². The lowest BCUT2D eigenvalue weighted by atomic mass is 10.1. The van der Waals surface area contributed by atoms with Crippen LogP contribution in [-0.4, -0.2) is 69.4 Å². The Kier molecular flexibility index (Phi) is 6.48. The van der Waals surface area contributed by atoms with Gasteiger partial charge in [0.2, 0.25) is 5.91 Å². The van der Waals surface area contributed by atoms with Crippen molar-refractivity contribution in [2.45, 2.75) is 32.2 Å². The Balaban J connectivity index is 1.41. The molecule has 0 atom stereocenters. The molecule has 0 radical (unpaired) electrons. The van der Waals surface area contributed by atoms with E-state index in [2.05, 4.69) is 9.97 Å². The van der Waals surface area contributed by atoms with Crippen molar-refractivity contribution in [1.82, 2.24) is 24.3 Å². The van der Waals surface area contributed by atoms with Crippen LogP contribution in [0.1, 0.15) is 41.7 Å². The smallest absolute Gasteiger partial charge is 0.284 e. The first-order valence-corrected chi connectivity index (χ1v) is 12.1. The minimum atomic E-state index is -0.489. The number of amides is 2. The first-order valence-electron chi connectivity index (χ1n) is 12.1. The highest BCUT2D eigenvalue weighted by molar-refractivity contribution is 5.93. The topological polar surface area (TPSA) is 97.6 Å². The minimum absolute atomic E-state index is 0.120. The van der Waals surface area contributed by atoms with Crippen LogP contribution in [-0.2, 0) is 11.3 Å². The van der Waals surface area contributed by atoms with Gasteiger partial charge in [-0.3, -0.25) is 19.0 Å². The lowest BCUT2D eigenvalue weighted by Gasteiger charge is -2.35. The summed E-state index contributed by atoms with van der Waals surface area (Å²) >= 11 is 0. The summed E-state index contributed by atoms with van der Waals surface area (Å²) < 4.78 is 6.93. The van der Waals surface area contributed by atoms with Gasteiger partial charge in [0.1, 0.15) is 11.3 Å². The van der Waals surface area contributed by atoms with Gasteiger partial charge >= 0.3 is 0 Å². The third kappa shape index (κ3) is 4.50. The molecule has 2 aromatic heterocycles. The van der Waals surface area contributed by atoms with Crippen LogP contribution in [0.2, 0.25) is 0 Å². The largest absolute Gasteiger partial charge is 0.496 e. The molecule has 182 valence electrons. The number of piperazine rings is 1. The molecule has 1 aromatic carbocycles. The van der Waals surface area contributed by atoms with Crippen molar-refractivity contribution < 1.29 is 14.3 Å². The van der Waals surface area contributed by atoms with Gasteiger partial charge in [0.15, 0.2) is 11.3 Å². The van der Waals surface area contributed by atoms with E-state index < -0.39 is 11.5 Å². The maximum Gasteiger partial charge on any atom is 0.284 e. The average molecular weight is 476 g/mol. The van der Waals surface area contributed by atoms with Crippen LogP contribution in [0, 0.1) is 5.92 Å². The van der Waals surface area contributed by atoms with E-state index in [1.165, 1.54) is 4.57 Å². The molecule has 5 rings (SSSR count).